The van der Waals surface area contributed by atoms with Gasteiger partial charge in [-0.1, -0.05) is 52.0 Å². The number of aliphatic hydroxyl groups excluding tert-OH is 1. The zero-order chi connectivity index (χ0) is 31.9. The van der Waals surface area contributed by atoms with E-state index in [2.05, 4.69) is 0 Å². The Balaban J connectivity index is 0.00000148. The van der Waals surface area contributed by atoms with E-state index in [4.69, 9.17) is 9.84 Å². The molecule has 2 fully saturated rings. The molecule has 0 bridgehead atoms. The number of alkyl halides is 9. The van der Waals surface area contributed by atoms with Crippen LogP contribution < -0.4 is 0 Å². The number of hydrogen-bond acceptors (Lipinski definition) is 3. The molecule has 0 aromatic heterocycles. The van der Waals surface area contributed by atoms with Gasteiger partial charge in [-0.2, -0.15) is 39.5 Å². The lowest BCUT2D eigenvalue weighted by Crippen LogP contribution is -2.25. The van der Waals surface area contributed by atoms with Crippen molar-refractivity contribution in [2.24, 2.45) is 5.92 Å². The SMILES string of the molecule is CC.CO.O=C1OC(c2cc(C(F)(F)F)cc(C(F)(F)F)c2)CN1Cc1cc(C(F)(F)F)ccc1CC1CCCCC1. The highest BCUT2D eigenvalue weighted by molar-refractivity contribution is 5.70. The van der Waals surface area contributed by atoms with Crippen LogP contribution in [0.3, 0.4) is 0 Å². The lowest BCUT2D eigenvalue weighted by molar-refractivity contribution is -0.143. The molecule has 2 aromatic carbocycles. The number of carbonyl (C=O) groups is 1. The van der Waals surface area contributed by atoms with Gasteiger partial charge in [0.1, 0.15) is 6.10 Å². The van der Waals surface area contributed by atoms with Crippen LogP contribution in [0.1, 0.15) is 85.4 Å². The molecular formula is C29H34F9NO3. The molecular weight excluding hydrogens is 581 g/mol. The Labute approximate surface area is 238 Å². The summed E-state index contributed by atoms with van der Waals surface area (Å²) in [5.74, 6) is 0.267. The molecule has 42 heavy (non-hydrogen) atoms. The second-order valence-corrected chi connectivity index (χ2v) is 9.78. The predicted molar refractivity (Wildman–Crippen MR) is 137 cm³/mol. The Hall–Kier alpha value is -2.96. The van der Waals surface area contributed by atoms with E-state index in [1.807, 2.05) is 13.8 Å². The zero-order valence-electron chi connectivity index (χ0n) is 23.4. The van der Waals surface area contributed by atoms with Crippen LogP contribution in [-0.2, 0) is 36.2 Å². The summed E-state index contributed by atoms with van der Waals surface area (Å²) in [5, 5.41) is 7.00. The summed E-state index contributed by atoms with van der Waals surface area (Å²) in [7, 11) is 1.00. The first kappa shape index (κ1) is 35.2. The smallest absolute Gasteiger partial charge is 0.416 e. The van der Waals surface area contributed by atoms with Gasteiger partial charge in [0.05, 0.1) is 23.2 Å². The number of nitrogens with zero attached hydrogens (tertiary/aromatic N) is 1. The Kier molecular flexibility index (Phi) is 12.1. The predicted octanol–water partition coefficient (Wildman–Crippen LogP) is 9.19. The van der Waals surface area contributed by atoms with E-state index >= 15 is 0 Å². The topological polar surface area (TPSA) is 49.8 Å². The van der Waals surface area contributed by atoms with Crippen LogP contribution in [0.2, 0.25) is 0 Å². The number of rotatable bonds is 5. The maximum absolute atomic E-state index is 13.4. The molecule has 2 aromatic rings. The second-order valence-electron chi connectivity index (χ2n) is 9.78. The largest absolute Gasteiger partial charge is 0.439 e. The minimum absolute atomic E-state index is 0.0295. The summed E-state index contributed by atoms with van der Waals surface area (Å²) in [6.07, 6.45) is -11.8. The number of ether oxygens (including phenoxy) is 1. The summed E-state index contributed by atoms with van der Waals surface area (Å²) in [6, 6.07) is 4.20. The first-order chi connectivity index (χ1) is 19.6. The van der Waals surface area contributed by atoms with Crippen LogP contribution in [0.5, 0.6) is 0 Å². The lowest BCUT2D eigenvalue weighted by atomic mass is 9.83. The number of hydrogen-bond donors (Lipinski definition) is 1. The fourth-order valence-corrected chi connectivity index (χ4v) is 5.03. The zero-order valence-corrected chi connectivity index (χ0v) is 23.4. The van der Waals surface area contributed by atoms with Crippen molar-refractivity contribution in [2.45, 2.75) is 83.6 Å². The Bertz CT molecular complexity index is 1140. The summed E-state index contributed by atoms with van der Waals surface area (Å²) < 4.78 is 125. The van der Waals surface area contributed by atoms with Crippen molar-refractivity contribution in [3.05, 3.63) is 69.8 Å². The summed E-state index contributed by atoms with van der Waals surface area (Å²) in [5.41, 5.74) is -3.71. The van der Waals surface area contributed by atoms with Crippen LogP contribution in [-0.4, -0.2) is 29.8 Å². The average molecular weight is 616 g/mol. The van der Waals surface area contributed by atoms with Crippen molar-refractivity contribution in [2.75, 3.05) is 13.7 Å². The van der Waals surface area contributed by atoms with Gasteiger partial charge in [-0.15, -0.1) is 0 Å². The van der Waals surface area contributed by atoms with Crippen LogP contribution in [0.25, 0.3) is 0 Å². The van der Waals surface area contributed by atoms with E-state index in [-0.39, 0.29) is 24.1 Å². The first-order valence-electron chi connectivity index (χ1n) is 13.5. The number of amides is 1. The number of aliphatic hydroxyl groups is 1. The molecule has 2 aliphatic rings. The molecule has 0 radical (unpaired) electrons. The standard InChI is InChI=1S/C26H24F9NO2.C2H6.CH4O/c27-24(28,29)19-7-6-16(8-15-4-2-1-3-5-15)18(11-19)13-36-14-22(38-23(36)37)17-9-20(25(30,31)32)12-21(10-17)26(33,34)35;2*1-2/h6-7,9-12,15,22H,1-5,8,13-14H2;1-2H3;2H,1H3. The Morgan fingerprint density at radius 1 is 0.762 bits per heavy atom. The van der Waals surface area contributed by atoms with Gasteiger partial charge in [0.15, 0.2) is 0 Å². The number of halogens is 9. The molecule has 236 valence electrons. The van der Waals surface area contributed by atoms with Crippen molar-refractivity contribution >= 4 is 6.09 Å². The maximum Gasteiger partial charge on any atom is 0.416 e. The molecule has 13 heteroatoms. The van der Waals surface area contributed by atoms with Crippen LogP contribution in [0, 0.1) is 5.92 Å². The molecule has 1 N–H and O–H groups in total. The minimum atomic E-state index is -5.08. The monoisotopic (exact) mass is 615 g/mol. The fraction of sp³-hybridized carbons (Fsp3) is 0.552. The Morgan fingerprint density at radius 2 is 1.29 bits per heavy atom. The third kappa shape index (κ3) is 9.27. The van der Waals surface area contributed by atoms with Gasteiger partial charge in [-0.05, 0) is 59.4 Å². The van der Waals surface area contributed by atoms with Crippen LogP contribution in [0.15, 0.2) is 36.4 Å². The van der Waals surface area contributed by atoms with Crippen LogP contribution in [0.4, 0.5) is 44.3 Å². The molecule has 4 nitrogen and oxygen atoms in total. The van der Waals surface area contributed by atoms with Crippen molar-refractivity contribution in [1.29, 1.82) is 0 Å². The van der Waals surface area contributed by atoms with E-state index in [9.17, 15) is 44.3 Å². The normalized spacial score (nSPS) is 18.1. The molecule has 4 rings (SSSR count). The fourth-order valence-electron chi connectivity index (χ4n) is 5.03. The van der Waals surface area contributed by atoms with Crippen molar-refractivity contribution in [1.82, 2.24) is 4.90 Å². The van der Waals surface area contributed by atoms with Gasteiger partial charge in [-0.3, -0.25) is 4.90 Å². The van der Waals surface area contributed by atoms with Crippen molar-refractivity contribution < 1.29 is 54.2 Å². The molecule has 0 spiro atoms. The molecule has 1 unspecified atom stereocenters. The van der Waals surface area contributed by atoms with E-state index in [0.29, 0.717) is 24.1 Å². The van der Waals surface area contributed by atoms with Crippen molar-refractivity contribution in [3.8, 4) is 0 Å². The summed E-state index contributed by atoms with van der Waals surface area (Å²) in [4.78, 5) is 13.5. The van der Waals surface area contributed by atoms with E-state index < -0.39 is 59.5 Å². The minimum Gasteiger partial charge on any atom is -0.439 e. The highest BCUT2D eigenvalue weighted by Crippen LogP contribution is 2.40. The second kappa shape index (κ2) is 14.5. The first-order valence-corrected chi connectivity index (χ1v) is 13.5. The van der Waals surface area contributed by atoms with Gasteiger partial charge in [-0.25, -0.2) is 4.79 Å². The van der Waals surface area contributed by atoms with E-state index in [0.717, 1.165) is 56.2 Å². The molecule has 1 saturated heterocycles. The highest BCUT2D eigenvalue weighted by Gasteiger charge is 2.40. The number of benzene rings is 2. The van der Waals surface area contributed by atoms with Gasteiger partial charge in [0.2, 0.25) is 0 Å². The van der Waals surface area contributed by atoms with Gasteiger partial charge >= 0.3 is 24.6 Å². The number of cyclic esters (lactones) is 1. The molecule has 1 aliphatic heterocycles. The van der Waals surface area contributed by atoms with E-state index in [1.165, 1.54) is 6.07 Å². The third-order valence-electron chi connectivity index (χ3n) is 7.00. The van der Waals surface area contributed by atoms with Crippen molar-refractivity contribution in [3.63, 3.8) is 0 Å². The lowest BCUT2D eigenvalue weighted by Gasteiger charge is -2.24. The third-order valence-corrected chi connectivity index (χ3v) is 7.00. The molecule has 1 saturated carbocycles. The van der Waals surface area contributed by atoms with Gasteiger partial charge in [0, 0.05) is 13.7 Å². The molecule has 1 aliphatic carbocycles. The quantitative estimate of drug-likeness (QED) is 0.341. The Morgan fingerprint density at radius 3 is 1.79 bits per heavy atom. The molecule has 1 amide bonds. The van der Waals surface area contributed by atoms with E-state index in [1.54, 1.807) is 0 Å². The average Bonchev–Trinajstić information content (AvgIpc) is 3.30. The van der Waals surface area contributed by atoms with Gasteiger partial charge < -0.3 is 9.84 Å². The van der Waals surface area contributed by atoms with Crippen LogP contribution >= 0.6 is 0 Å². The summed E-state index contributed by atoms with van der Waals surface area (Å²) >= 11 is 0. The number of carbonyl (C=O) groups excluding carboxylic acids is 1. The maximum atomic E-state index is 13.4. The summed E-state index contributed by atoms with van der Waals surface area (Å²) in [6.45, 7) is 3.25. The van der Waals surface area contributed by atoms with Gasteiger partial charge in [0.25, 0.3) is 0 Å². The molecule has 1 heterocycles. The highest BCUT2D eigenvalue weighted by atomic mass is 19.4. The molecule has 1 atom stereocenters.